The van der Waals surface area contributed by atoms with Crippen LogP contribution in [0.1, 0.15) is 25.3 Å². The molecule has 1 aromatic rings. The molecule has 0 aliphatic heterocycles. The van der Waals surface area contributed by atoms with Crippen molar-refractivity contribution in [3.63, 3.8) is 0 Å². The average Bonchev–Trinajstić information content (AvgIpc) is 2.38. The van der Waals surface area contributed by atoms with Crippen LogP contribution in [0.3, 0.4) is 0 Å². The number of carboxylic acids is 1. The van der Waals surface area contributed by atoms with Crippen LogP contribution in [0.25, 0.3) is 6.08 Å². The molecule has 0 heterocycles. The minimum atomic E-state index is -0.922. The highest BCUT2D eigenvalue weighted by Gasteiger charge is 1.95. The lowest BCUT2D eigenvalue weighted by molar-refractivity contribution is -0.131. The van der Waals surface area contributed by atoms with Crippen LogP contribution in [0.15, 0.2) is 36.4 Å². The second-order valence-corrected chi connectivity index (χ2v) is 3.66. The predicted octanol–water partition coefficient (Wildman–Crippen LogP) is 1.92. The maximum Gasteiger partial charge on any atom is 0.328 e. The van der Waals surface area contributed by atoms with Crippen LogP contribution in [0.5, 0.6) is 0 Å². The molecule has 0 spiro atoms. The minimum absolute atomic E-state index is 0.0923. The van der Waals surface area contributed by atoms with E-state index in [4.69, 9.17) is 15.3 Å². The van der Waals surface area contributed by atoms with E-state index < -0.39 is 5.97 Å². The van der Waals surface area contributed by atoms with Crippen molar-refractivity contribution >= 4 is 12.0 Å². The lowest BCUT2D eigenvalue weighted by atomic mass is 10.2. The molecule has 0 aliphatic rings. The van der Waals surface area contributed by atoms with Gasteiger partial charge < -0.3 is 15.3 Å². The van der Waals surface area contributed by atoms with Crippen LogP contribution in [0, 0.1) is 0 Å². The van der Waals surface area contributed by atoms with Gasteiger partial charge in [-0.3, -0.25) is 0 Å². The van der Waals surface area contributed by atoms with E-state index in [0.29, 0.717) is 6.42 Å². The van der Waals surface area contributed by atoms with Crippen molar-refractivity contribution in [2.75, 3.05) is 6.61 Å². The van der Waals surface area contributed by atoms with E-state index in [-0.39, 0.29) is 12.7 Å². The first-order valence-electron chi connectivity index (χ1n) is 5.85. The number of hydrogen-bond acceptors (Lipinski definition) is 3. The highest BCUT2D eigenvalue weighted by molar-refractivity contribution is 5.85. The first kappa shape index (κ1) is 16.4. The first-order chi connectivity index (χ1) is 8.60. The third-order valence-electron chi connectivity index (χ3n) is 2.15. The fourth-order valence-electron chi connectivity index (χ4n) is 1.08. The summed E-state index contributed by atoms with van der Waals surface area (Å²) in [6, 6.07) is 9.31. The molecule has 0 bridgehead atoms. The van der Waals surface area contributed by atoms with Crippen molar-refractivity contribution in [1.82, 2.24) is 0 Å². The summed E-state index contributed by atoms with van der Waals surface area (Å²) in [5.74, 6) is -0.922. The van der Waals surface area contributed by atoms with Gasteiger partial charge in [-0.15, -0.1) is 0 Å². The molecule has 0 amide bonds. The fraction of sp³-hybridized carbons (Fsp3) is 0.357. The Bertz CT molecular complexity index is 346. The number of aliphatic hydroxyl groups is 2. The van der Waals surface area contributed by atoms with E-state index in [1.807, 2.05) is 37.3 Å². The van der Waals surface area contributed by atoms with E-state index in [0.717, 1.165) is 18.1 Å². The molecule has 0 aromatic heterocycles. The first-order valence-corrected chi connectivity index (χ1v) is 5.85. The molecule has 1 unspecified atom stereocenters. The molecule has 1 aromatic carbocycles. The Kier molecular flexibility index (Phi) is 9.54. The number of benzene rings is 1. The fourth-order valence-corrected chi connectivity index (χ4v) is 1.08. The van der Waals surface area contributed by atoms with Crippen LogP contribution in [0.2, 0.25) is 0 Å². The highest BCUT2D eigenvalue weighted by Crippen LogP contribution is 1.99. The number of aliphatic hydroxyl groups excluding tert-OH is 2. The van der Waals surface area contributed by atoms with E-state index in [1.54, 1.807) is 6.08 Å². The zero-order valence-electron chi connectivity index (χ0n) is 10.5. The monoisotopic (exact) mass is 252 g/mol. The molecule has 1 rings (SSSR count). The van der Waals surface area contributed by atoms with Gasteiger partial charge in [0.25, 0.3) is 0 Å². The van der Waals surface area contributed by atoms with Gasteiger partial charge in [-0.1, -0.05) is 37.3 Å². The van der Waals surface area contributed by atoms with Crippen LogP contribution < -0.4 is 0 Å². The normalized spacial score (nSPS) is 11.7. The molecule has 100 valence electrons. The van der Waals surface area contributed by atoms with Gasteiger partial charge in [-0.2, -0.15) is 0 Å². The average molecular weight is 252 g/mol. The van der Waals surface area contributed by atoms with Gasteiger partial charge in [0.15, 0.2) is 0 Å². The second kappa shape index (κ2) is 10.5. The quantitative estimate of drug-likeness (QED) is 0.700. The number of rotatable bonds is 5. The molecule has 1 atom stereocenters. The van der Waals surface area contributed by atoms with Crippen LogP contribution >= 0.6 is 0 Å². The summed E-state index contributed by atoms with van der Waals surface area (Å²) in [5, 5.41) is 25.2. The van der Waals surface area contributed by atoms with E-state index in [1.165, 1.54) is 0 Å². The standard InChI is InChI=1S/C9H8O2.C5H12O2/c10-9(11)7-6-8-4-2-1-3-5-8;1-2-5(7)3-4-6/h1-7H,(H,10,11);5-7H,2-4H2,1H3. The summed E-state index contributed by atoms with van der Waals surface area (Å²) in [7, 11) is 0. The van der Waals surface area contributed by atoms with E-state index >= 15 is 0 Å². The molecule has 4 heteroatoms. The number of aliphatic carboxylic acids is 1. The lowest BCUT2D eigenvalue weighted by Crippen LogP contribution is -2.05. The van der Waals surface area contributed by atoms with Crippen molar-refractivity contribution < 1.29 is 20.1 Å². The molecule has 0 aliphatic carbocycles. The van der Waals surface area contributed by atoms with Gasteiger partial charge in [0, 0.05) is 12.7 Å². The molecular weight excluding hydrogens is 232 g/mol. The Morgan fingerprint density at radius 2 is 1.94 bits per heavy atom. The number of carboxylic acid groups (broad SMARTS) is 1. The Balaban J connectivity index is 0.000000360. The molecule has 3 N–H and O–H groups in total. The Morgan fingerprint density at radius 1 is 1.33 bits per heavy atom. The Hall–Kier alpha value is -1.65. The Labute approximate surface area is 107 Å². The van der Waals surface area contributed by atoms with E-state index in [9.17, 15) is 4.79 Å². The number of carbonyl (C=O) groups is 1. The maximum absolute atomic E-state index is 10.1. The topological polar surface area (TPSA) is 77.8 Å². The van der Waals surface area contributed by atoms with E-state index in [2.05, 4.69) is 0 Å². The van der Waals surface area contributed by atoms with Crippen molar-refractivity contribution in [1.29, 1.82) is 0 Å². The van der Waals surface area contributed by atoms with Crippen molar-refractivity contribution in [2.24, 2.45) is 0 Å². The molecule has 18 heavy (non-hydrogen) atoms. The third-order valence-corrected chi connectivity index (χ3v) is 2.15. The Morgan fingerprint density at radius 3 is 2.33 bits per heavy atom. The largest absolute Gasteiger partial charge is 0.478 e. The summed E-state index contributed by atoms with van der Waals surface area (Å²) in [5.41, 5.74) is 0.898. The number of hydrogen-bond donors (Lipinski definition) is 3. The summed E-state index contributed by atoms with van der Waals surface area (Å²) in [6.45, 7) is 1.98. The maximum atomic E-state index is 10.1. The summed E-state index contributed by atoms with van der Waals surface area (Å²) < 4.78 is 0. The predicted molar refractivity (Wildman–Crippen MR) is 71.1 cm³/mol. The second-order valence-electron chi connectivity index (χ2n) is 3.66. The van der Waals surface area contributed by atoms with Crippen molar-refractivity contribution in [3.8, 4) is 0 Å². The summed E-state index contributed by atoms with van der Waals surface area (Å²) in [4.78, 5) is 10.1. The van der Waals surface area contributed by atoms with Gasteiger partial charge in [0.2, 0.25) is 0 Å². The third kappa shape index (κ3) is 9.57. The van der Waals surface area contributed by atoms with Gasteiger partial charge in [0.1, 0.15) is 0 Å². The zero-order valence-corrected chi connectivity index (χ0v) is 10.5. The molecule has 0 saturated heterocycles. The lowest BCUT2D eigenvalue weighted by Gasteiger charge is -2.01. The summed E-state index contributed by atoms with van der Waals surface area (Å²) >= 11 is 0. The van der Waals surface area contributed by atoms with Gasteiger partial charge in [-0.05, 0) is 24.5 Å². The molecule has 4 nitrogen and oxygen atoms in total. The van der Waals surface area contributed by atoms with Crippen LogP contribution in [-0.4, -0.2) is 34.0 Å². The van der Waals surface area contributed by atoms with Crippen LogP contribution in [-0.2, 0) is 4.79 Å². The highest BCUT2D eigenvalue weighted by atomic mass is 16.4. The van der Waals surface area contributed by atoms with Crippen molar-refractivity contribution in [2.45, 2.75) is 25.9 Å². The minimum Gasteiger partial charge on any atom is -0.478 e. The van der Waals surface area contributed by atoms with Crippen molar-refractivity contribution in [3.05, 3.63) is 42.0 Å². The van der Waals surface area contributed by atoms with Gasteiger partial charge in [0.05, 0.1) is 6.10 Å². The molecule has 0 radical (unpaired) electrons. The van der Waals surface area contributed by atoms with Crippen LogP contribution in [0.4, 0.5) is 0 Å². The summed E-state index contributed by atoms with van der Waals surface area (Å²) in [6.07, 6.45) is 3.62. The zero-order chi connectivity index (χ0) is 13.8. The van der Waals surface area contributed by atoms with Gasteiger partial charge in [-0.25, -0.2) is 4.79 Å². The molecular formula is C14H20O4. The molecule has 0 saturated carbocycles. The SMILES string of the molecule is CCC(O)CCO.O=C(O)C=Cc1ccccc1. The smallest absolute Gasteiger partial charge is 0.328 e. The molecule has 0 fully saturated rings. The van der Waals surface area contributed by atoms with Gasteiger partial charge >= 0.3 is 5.97 Å².